The number of hydrogen-bond donors (Lipinski definition) is 1. The highest BCUT2D eigenvalue weighted by Crippen LogP contribution is 2.33. The summed E-state index contributed by atoms with van der Waals surface area (Å²) in [7, 11) is -0.348. The highest BCUT2D eigenvalue weighted by atomic mass is 32.2. The van der Waals surface area contributed by atoms with Crippen LogP contribution in [0.3, 0.4) is 0 Å². The predicted molar refractivity (Wildman–Crippen MR) is 80.2 cm³/mol. The average molecular weight is 330 g/mol. The molecular weight excluding hydrogens is 312 g/mol. The Bertz CT molecular complexity index is 664. The second-order valence-electron chi connectivity index (χ2n) is 5.53. The topological polar surface area (TPSA) is 82.6 Å². The van der Waals surface area contributed by atoms with Gasteiger partial charge in [0, 0.05) is 37.9 Å². The van der Waals surface area contributed by atoms with E-state index in [2.05, 4.69) is 10.3 Å². The Morgan fingerprint density at radius 1 is 1.43 bits per heavy atom. The monoisotopic (exact) mass is 330 g/mol. The molecule has 0 saturated heterocycles. The summed E-state index contributed by atoms with van der Waals surface area (Å²) in [6.45, 7) is 0.750. The Morgan fingerprint density at radius 2 is 2.14 bits per heavy atom. The fraction of sp³-hybridized carbons (Fsp3) is 0.667. The Kier molecular flexibility index (Phi) is 3.76. The summed E-state index contributed by atoms with van der Waals surface area (Å²) < 4.78 is 26.9. The number of carbonyl (C=O) groups is 1. The Hall–Kier alpha value is -1.03. The number of nitrogens with one attached hydrogen (secondary N) is 1. The van der Waals surface area contributed by atoms with Gasteiger partial charge < -0.3 is 5.32 Å². The van der Waals surface area contributed by atoms with Gasteiger partial charge in [-0.2, -0.15) is 17.0 Å². The lowest BCUT2D eigenvalue weighted by Crippen LogP contribution is -2.42. The van der Waals surface area contributed by atoms with E-state index in [1.54, 1.807) is 0 Å². The van der Waals surface area contributed by atoms with E-state index >= 15 is 0 Å². The third-order valence-corrected chi connectivity index (χ3v) is 6.55. The van der Waals surface area contributed by atoms with Crippen LogP contribution in [0.1, 0.15) is 23.4 Å². The molecule has 0 aromatic carbocycles. The van der Waals surface area contributed by atoms with E-state index < -0.39 is 10.2 Å². The number of anilines is 1. The number of nitrogens with zero attached hydrogens (tertiary/aromatic N) is 3. The molecule has 7 nitrogen and oxygen atoms in total. The number of carbonyl (C=O) groups excluding carboxylic acids is 1. The summed E-state index contributed by atoms with van der Waals surface area (Å²) in [5.41, 5.74) is 0.899. The first-order chi connectivity index (χ1) is 9.88. The molecule has 1 aliphatic carbocycles. The molecule has 1 fully saturated rings. The minimum atomic E-state index is -3.40. The van der Waals surface area contributed by atoms with Gasteiger partial charge in [0.15, 0.2) is 5.13 Å². The number of fused-ring (bicyclic) bond motifs is 1. The maximum atomic E-state index is 12.1. The van der Waals surface area contributed by atoms with Crippen molar-refractivity contribution in [1.82, 2.24) is 13.6 Å². The molecule has 0 bridgehead atoms. The van der Waals surface area contributed by atoms with Gasteiger partial charge in [0.2, 0.25) is 5.91 Å². The molecule has 0 unspecified atom stereocenters. The van der Waals surface area contributed by atoms with E-state index in [-0.39, 0.29) is 11.8 Å². The Morgan fingerprint density at radius 3 is 2.76 bits per heavy atom. The van der Waals surface area contributed by atoms with Gasteiger partial charge >= 0.3 is 0 Å². The maximum Gasteiger partial charge on any atom is 0.281 e. The summed E-state index contributed by atoms with van der Waals surface area (Å²) in [5, 5.41) is 3.41. The molecule has 2 aliphatic rings. The zero-order valence-electron chi connectivity index (χ0n) is 12.0. The summed E-state index contributed by atoms with van der Waals surface area (Å²) in [6.07, 6.45) is 2.48. The van der Waals surface area contributed by atoms with Crippen molar-refractivity contribution >= 4 is 32.6 Å². The van der Waals surface area contributed by atoms with Crippen LogP contribution >= 0.6 is 11.3 Å². The lowest BCUT2D eigenvalue weighted by atomic mass is 10.2. The van der Waals surface area contributed by atoms with E-state index in [1.165, 1.54) is 34.0 Å². The highest BCUT2D eigenvalue weighted by Gasteiger charge is 2.32. The normalized spacial score (nSPS) is 19.6. The van der Waals surface area contributed by atoms with Crippen molar-refractivity contribution in [2.24, 2.45) is 5.92 Å². The molecule has 116 valence electrons. The maximum absolute atomic E-state index is 12.1. The van der Waals surface area contributed by atoms with Crippen molar-refractivity contribution in [3.63, 3.8) is 0 Å². The van der Waals surface area contributed by atoms with Gasteiger partial charge in [0.05, 0.1) is 12.2 Å². The predicted octanol–water partition coefficient (Wildman–Crippen LogP) is 0.656. The van der Waals surface area contributed by atoms with Gasteiger partial charge in [-0.3, -0.25) is 4.79 Å². The van der Waals surface area contributed by atoms with Gasteiger partial charge in [0.25, 0.3) is 10.2 Å². The molecule has 1 saturated carbocycles. The highest BCUT2D eigenvalue weighted by molar-refractivity contribution is 7.86. The van der Waals surface area contributed by atoms with Crippen molar-refractivity contribution in [1.29, 1.82) is 0 Å². The molecule has 0 radical (unpaired) electrons. The van der Waals surface area contributed by atoms with Crippen LogP contribution in [0.25, 0.3) is 0 Å². The largest absolute Gasteiger partial charge is 0.302 e. The summed E-state index contributed by atoms with van der Waals surface area (Å²) in [5.74, 6) is 0.162. The first-order valence-corrected chi connectivity index (χ1v) is 9.06. The van der Waals surface area contributed by atoms with Crippen molar-refractivity contribution in [2.45, 2.75) is 25.8 Å². The molecule has 1 amide bonds. The zero-order valence-corrected chi connectivity index (χ0v) is 13.6. The number of hydrogen-bond acceptors (Lipinski definition) is 5. The molecule has 2 heterocycles. The molecule has 0 atom stereocenters. The minimum absolute atomic E-state index is 0.0267. The van der Waals surface area contributed by atoms with Crippen LogP contribution in [0.5, 0.6) is 0 Å². The number of thiazole rings is 1. The van der Waals surface area contributed by atoms with E-state index in [9.17, 15) is 13.2 Å². The second-order valence-corrected chi connectivity index (χ2v) is 8.75. The average Bonchev–Trinajstić information content (AvgIpc) is 3.19. The molecule has 1 aliphatic heterocycles. The summed E-state index contributed by atoms with van der Waals surface area (Å²) in [6, 6.07) is 0. The zero-order chi connectivity index (χ0) is 15.2. The molecular formula is C12H18N4O3S2. The third-order valence-electron chi connectivity index (χ3n) is 3.66. The quantitative estimate of drug-likeness (QED) is 0.879. The van der Waals surface area contributed by atoms with Gasteiger partial charge in [-0.15, -0.1) is 11.3 Å². The van der Waals surface area contributed by atoms with Crippen LogP contribution in [0.15, 0.2) is 0 Å². The number of amides is 1. The summed E-state index contributed by atoms with van der Waals surface area (Å²) in [4.78, 5) is 17.1. The van der Waals surface area contributed by atoms with Crippen LogP contribution in [0, 0.1) is 5.92 Å². The fourth-order valence-electron chi connectivity index (χ4n) is 2.21. The lowest BCUT2D eigenvalue weighted by Gasteiger charge is -2.27. The molecule has 21 heavy (non-hydrogen) atoms. The minimum Gasteiger partial charge on any atom is -0.302 e. The second kappa shape index (κ2) is 5.31. The smallest absolute Gasteiger partial charge is 0.281 e. The fourth-order valence-corrected chi connectivity index (χ4v) is 4.39. The molecule has 1 aromatic heterocycles. The van der Waals surface area contributed by atoms with Gasteiger partial charge in [0.1, 0.15) is 0 Å². The van der Waals surface area contributed by atoms with Crippen LogP contribution in [0.2, 0.25) is 0 Å². The van der Waals surface area contributed by atoms with Crippen LogP contribution < -0.4 is 5.32 Å². The Balaban J connectivity index is 1.74. The number of aromatic nitrogens is 1. The first kappa shape index (κ1) is 14.9. The van der Waals surface area contributed by atoms with Gasteiger partial charge in [-0.05, 0) is 12.8 Å². The van der Waals surface area contributed by atoms with Crippen LogP contribution in [0.4, 0.5) is 5.13 Å². The summed E-state index contributed by atoms with van der Waals surface area (Å²) >= 11 is 1.37. The Labute approximate surface area is 128 Å². The van der Waals surface area contributed by atoms with Gasteiger partial charge in [-0.1, -0.05) is 0 Å². The standard InChI is InChI=1S/C12H18N4O3S2/c1-15(2)21(18,19)16-6-5-9-10(7-16)20-12(13-9)14-11(17)8-3-4-8/h8H,3-7H2,1-2H3,(H,13,14,17). The van der Waals surface area contributed by atoms with E-state index in [0.29, 0.717) is 24.6 Å². The van der Waals surface area contributed by atoms with Crippen molar-refractivity contribution in [3.05, 3.63) is 10.6 Å². The lowest BCUT2D eigenvalue weighted by molar-refractivity contribution is -0.117. The molecule has 3 rings (SSSR count). The van der Waals surface area contributed by atoms with Crippen LogP contribution in [-0.4, -0.2) is 48.6 Å². The van der Waals surface area contributed by atoms with Crippen molar-refractivity contribution in [3.8, 4) is 0 Å². The van der Waals surface area contributed by atoms with E-state index in [1.807, 2.05) is 0 Å². The van der Waals surface area contributed by atoms with Crippen molar-refractivity contribution < 1.29 is 13.2 Å². The van der Waals surface area contributed by atoms with Crippen LogP contribution in [-0.2, 0) is 28.0 Å². The molecule has 1 N–H and O–H groups in total. The third kappa shape index (κ3) is 2.96. The van der Waals surface area contributed by atoms with E-state index in [0.717, 1.165) is 23.4 Å². The molecule has 0 spiro atoms. The van der Waals surface area contributed by atoms with Crippen molar-refractivity contribution in [2.75, 3.05) is 26.0 Å². The first-order valence-electron chi connectivity index (χ1n) is 6.85. The van der Waals surface area contributed by atoms with E-state index in [4.69, 9.17) is 0 Å². The molecule has 1 aromatic rings. The molecule has 9 heteroatoms. The van der Waals surface area contributed by atoms with Gasteiger partial charge in [-0.25, -0.2) is 4.98 Å². The SMILES string of the molecule is CN(C)S(=O)(=O)N1CCc2nc(NC(=O)C3CC3)sc2C1. The number of rotatable bonds is 4.